The molecule has 2 heterocycles. The van der Waals surface area contributed by atoms with Crippen LogP contribution in [0, 0.1) is 17.8 Å². The lowest BCUT2D eigenvalue weighted by Gasteiger charge is -2.35. The Labute approximate surface area is 187 Å². The molecule has 0 aromatic rings. The molecule has 6 nitrogen and oxygen atoms in total. The molecule has 31 heavy (non-hydrogen) atoms. The molecule has 7 unspecified atom stereocenters. The number of rotatable bonds is 11. The number of aliphatic hydroxyl groups is 1. The van der Waals surface area contributed by atoms with E-state index in [0.717, 1.165) is 24.8 Å². The lowest BCUT2D eigenvalue weighted by Crippen LogP contribution is -2.36. The van der Waals surface area contributed by atoms with Crippen molar-refractivity contribution < 1.29 is 29.2 Å². The number of carboxylic acids is 1. The summed E-state index contributed by atoms with van der Waals surface area (Å²) in [6.45, 7) is 12.4. The first-order valence-corrected chi connectivity index (χ1v) is 11.6. The third-order valence-electron chi connectivity index (χ3n) is 6.86. The van der Waals surface area contributed by atoms with Crippen molar-refractivity contribution in [1.82, 2.24) is 0 Å². The zero-order valence-electron chi connectivity index (χ0n) is 20.2. The van der Waals surface area contributed by atoms with E-state index in [-0.39, 0.29) is 42.4 Å². The van der Waals surface area contributed by atoms with E-state index in [2.05, 4.69) is 52.8 Å². The molecule has 2 saturated heterocycles. The minimum atomic E-state index is -0.803. The molecule has 178 valence electrons. The van der Waals surface area contributed by atoms with Gasteiger partial charge in [0.15, 0.2) is 0 Å². The topological polar surface area (TPSA) is 88.5 Å². The van der Waals surface area contributed by atoms with Crippen LogP contribution in [-0.4, -0.2) is 59.4 Å². The quantitative estimate of drug-likeness (QED) is 0.368. The maximum Gasteiger partial charge on any atom is 0.305 e. The van der Waals surface area contributed by atoms with E-state index < -0.39 is 12.1 Å². The van der Waals surface area contributed by atoms with Gasteiger partial charge in [0, 0.05) is 13.0 Å². The predicted molar refractivity (Wildman–Crippen MR) is 121 cm³/mol. The first kappa shape index (κ1) is 26.0. The molecule has 9 atom stereocenters. The van der Waals surface area contributed by atoms with Gasteiger partial charge in [-0.3, -0.25) is 4.79 Å². The largest absolute Gasteiger partial charge is 0.481 e. The molecule has 2 N–H and O–H groups in total. The number of methoxy groups -OCH3 is 1. The highest BCUT2D eigenvalue weighted by Gasteiger charge is 2.56. The standard InChI is InChI=1S/C25H42O6/c1-15(14-25(6)24(31-25)18(4)23(29-7)19(5)26)9-8-10-16(2)22-17(3)11-12-20(30-22)13-21(27)28/h8-10,15,17-20,22-24,26H,11-14H2,1-7H3,(H,27,28)/b9-8+,16-10+/t15?,17?,18?,19?,20?,22?,23?,24-,25-/m1/s1. The van der Waals surface area contributed by atoms with Gasteiger partial charge in [0.2, 0.25) is 0 Å². The second kappa shape index (κ2) is 11.1. The summed E-state index contributed by atoms with van der Waals surface area (Å²) in [6, 6.07) is 0. The van der Waals surface area contributed by atoms with E-state index >= 15 is 0 Å². The van der Waals surface area contributed by atoms with Gasteiger partial charge in [-0.2, -0.15) is 0 Å². The van der Waals surface area contributed by atoms with E-state index in [1.165, 1.54) is 0 Å². The Hall–Kier alpha value is -1.21. The summed E-state index contributed by atoms with van der Waals surface area (Å²) in [5.41, 5.74) is 0.935. The minimum Gasteiger partial charge on any atom is -0.481 e. The van der Waals surface area contributed by atoms with Gasteiger partial charge >= 0.3 is 5.97 Å². The van der Waals surface area contributed by atoms with Crippen LogP contribution in [0.2, 0.25) is 0 Å². The molecule has 0 spiro atoms. The molecule has 0 amide bonds. The van der Waals surface area contributed by atoms with Gasteiger partial charge < -0.3 is 24.4 Å². The molecule has 0 saturated carbocycles. The van der Waals surface area contributed by atoms with E-state index in [0.29, 0.717) is 11.8 Å². The molecule has 2 fully saturated rings. The van der Waals surface area contributed by atoms with Gasteiger partial charge in [0.25, 0.3) is 0 Å². The van der Waals surface area contributed by atoms with Crippen molar-refractivity contribution in [3.8, 4) is 0 Å². The van der Waals surface area contributed by atoms with Crippen LogP contribution < -0.4 is 0 Å². The summed E-state index contributed by atoms with van der Waals surface area (Å²) in [6.07, 6.45) is 8.21. The summed E-state index contributed by atoms with van der Waals surface area (Å²) < 4.78 is 17.6. The molecular weight excluding hydrogens is 396 g/mol. The lowest BCUT2D eigenvalue weighted by molar-refractivity contribution is -0.143. The summed E-state index contributed by atoms with van der Waals surface area (Å²) in [4.78, 5) is 11.0. The van der Waals surface area contributed by atoms with Crippen molar-refractivity contribution in [1.29, 1.82) is 0 Å². The van der Waals surface area contributed by atoms with Crippen LogP contribution in [0.15, 0.2) is 23.8 Å². The molecule has 0 aromatic heterocycles. The minimum absolute atomic E-state index is 0.0287. The average molecular weight is 439 g/mol. The number of allylic oxidation sites excluding steroid dienone is 3. The Balaban J connectivity index is 1.89. The van der Waals surface area contributed by atoms with Gasteiger partial charge in [-0.05, 0) is 57.4 Å². The van der Waals surface area contributed by atoms with Crippen LogP contribution >= 0.6 is 0 Å². The van der Waals surface area contributed by atoms with E-state index in [1.807, 2.05) is 0 Å². The van der Waals surface area contributed by atoms with Crippen LogP contribution in [-0.2, 0) is 19.0 Å². The molecule has 6 heteroatoms. The van der Waals surface area contributed by atoms with Crippen molar-refractivity contribution in [2.75, 3.05) is 7.11 Å². The molecular formula is C25H42O6. The Bertz CT molecular complexity index is 656. The number of aliphatic hydroxyl groups excluding tert-OH is 1. The number of hydrogen-bond acceptors (Lipinski definition) is 5. The zero-order chi connectivity index (χ0) is 23.3. The summed E-state index contributed by atoms with van der Waals surface area (Å²) in [7, 11) is 1.63. The molecule has 2 rings (SSSR count). The highest BCUT2D eigenvalue weighted by atomic mass is 16.6. The smallest absolute Gasteiger partial charge is 0.305 e. The number of carbonyl (C=O) groups is 1. The van der Waals surface area contributed by atoms with Gasteiger partial charge in [-0.25, -0.2) is 0 Å². The van der Waals surface area contributed by atoms with Gasteiger partial charge in [0.05, 0.1) is 42.5 Å². The fraction of sp³-hybridized carbons (Fsp3) is 0.800. The molecule has 2 aliphatic rings. The van der Waals surface area contributed by atoms with Crippen LogP contribution in [0.5, 0.6) is 0 Å². The van der Waals surface area contributed by atoms with Crippen molar-refractivity contribution in [3.63, 3.8) is 0 Å². The maximum absolute atomic E-state index is 11.0. The van der Waals surface area contributed by atoms with Crippen molar-refractivity contribution >= 4 is 5.97 Å². The number of aliphatic carboxylic acids is 1. The summed E-state index contributed by atoms with van der Waals surface area (Å²) in [5.74, 6) is 0.0402. The Morgan fingerprint density at radius 1 is 1.29 bits per heavy atom. The van der Waals surface area contributed by atoms with Crippen molar-refractivity contribution in [3.05, 3.63) is 23.8 Å². The maximum atomic E-state index is 11.0. The van der Waals surface area contributed by atoms with Crippen molar-refractivity contribution in [2.24, 2.45) is 17.8 Å². The molecule has 0 aliphatic carbocycles. The van der Waals surface area contributed by atoms with Gasteiger partial charge in [-0.15, -0.1) is 0 Å². The Morgan fingerprint density at radius 2 is 1.97 bits per heavy atom. The zero-order valence-corrected chi connectivity index (χ0v) is 20.2. The van der Waals surface area contributed by atoms with Crippen LogP contribution in [0.3, 0.4) is 0 Å². The SMILES string of the molecule is COC(C(C)O)C(C)[C@H]1O[C@]1(C)CC(C)/C=C/C=C(\C)C1OC(CC(=O)O)CCC1C. The molecule has 2 aliphatic heterocycles. The summed E-state index contributed by atoms with van der Waals surface area (Å²) >= 11 is 0. The number of epoxide rings is 1. The number of hydrogen-bond donors (Lipinski definition) is 2. The van der Waals surface area contributed by atoms with E-state index in [4.69, 9.17) is 19.3 Å². The lowest BCUT2D eigenvalue weighted by atomic mass is 9.85. The normalized spacial score (nSPS) is 35.5. The highest BCUT2D eigenvalue weighted by molar-refractivity contribution is 5.67. The monoisotopic (exact) mass is 438 g/mol. The van der Waals surface area contributed by atoms with Crippen molar-refractivity contribution in [2.45, 2.75) is 103 Å². The fourth-order valence-corrected chi connectivity index (χ4v) is 5.22. The third-order valence-corrected chi connectivity index (χ3v) is 6.86. The Morgan fingerprint density at radius 3 is 2.55 bits per heavy atom. The number of carboxylic acid groups (broad SMARTS) is 1. The Kier molecular flexibility index (Phi) is 9.31. The van der Waals surface area contributed by atoms with Crippen LogP contribution in [0.25, 0.3) is 0 Å². The highest BCUT2D eigenvalue weighted by Crippen LogP contribution is 2.47. The molecule has 0 bridgehead atoms. The average Bonchev–Trinajstić information content (AvgIpc) is 3.33. The fourth-order valence-electron chi connectivity index (χ4n) is 5.22. The van der Waals surface area contributed by atoms with Crippen LogP contribution in [0.4, 0.5) is 0 Å². The van der Waals surface area contributed by atoms with E-state index in [9.17, 15) is 9.90 Å². The third kappa shape index (κ3) is 7.14. The first-order valence-electron chi connectivity index (χ1n) is 11.6. The van der Waals surface area contributed by atoms with E-state index in [1.54, 1.807) is 14.0 Å². The second-order valence-corrected chi connectivity index (χ2v) is 9.96. The molecule has 0 radical (unpaired) electrons. The van der Waals surface area contributed by atoms with Gasteiger partial charge in [0.1, 0.15) is 0 Å². The second-order valence-electron chi connectivity index (χ2n) is 9.96. The summed E-state index contributed by atoms with van der Waals surface area (Å²) in [5, 5.41) is 19.0. The molecule has 0 aromatic carbocycles. The number of ether oxygens (including phenoxy) is 3. The van der Waals surface area contributed by atoms with Crippen LogP contribution in [0.1, 0.15) is 67.2 Å². The predicted octanol–water partition coefficient (Wildman–Crippen LogP) is 4.36. The first-order chi connectivity index (χ1) is 14.5. The van der Waals surface area contributed by atoms with Gasteiger partial charge in [-0.1, -0.05) is 39.0 Å².